The Balaban J connectivity index is 0.00000392. The average molecular weight is 500 g/mol. The molecule has 28 heavy (non-hydrogen) atoms. The molecule has 2 rings (SSSR count). The summed E-state index contributed by atoms with van der Waals surface area (Å²) < 4.78 is 16.2. The molecule has 0 aliphatic rings. The van der Waals surface area contributed by atoms with Gasteiger partial charge in [-0.25, -0.2) is 4.99 Å². The van der Waals surface area contributed by atoms with E-state index in [1.807, 2.05) is 37.3 Å². The largest absolute Gasteiger partial charge is 0.496 e. The Morgan fingerprint density at radius 3 is 2.32 bits per heavy atom. The molecule has 0 saturated carbocycles. The van der Waals surface area contributed by atoms with Crippen molar-refractivity contribution in [3.8, 4) is 17.2 Å². The molecule has 0 saturated heterocycles. The zero-order valence-corrected chi connectivity index (χ0v) is 19.2. The van der Waals surface area contributed by atoms with Crippen LogP contribution in [0.4, 0.5) is 0 Å². The predicted molar refractivity (Wildman–Crippen MR) is 122 cm³/mol. The van der Waals surface area contributed by atoms with Crippen LogP contribution in [0.3, 0.4) is 0 Å². The Kier molecular flexibility index (Phi) is 11.1. The molecule has 0 aliphatic carbocycles. The van der Waals surface area contributed by atoms with Gasteiger partial charge < -0.3 is 24.8 Å². The van der Waals surface area contributed by atoms with E-state index >= 15 is 0 Å². The Morgan fingerprint density at radius 1 is 1.00 bits per heavy atom. The number of pyridine rings is 1. The highest BCUT2D eigenvalue weighted by molar-refractivity contribution is 14.0. The Labute approximate surface area is 183 Å². The van der Waals surface area contributed by atoms with Gasteiger partial charge in [0.25, 0.3) is 0 Å². The highest BCUT2D eigenvalue weighted by Crippen LogP contribution is 2.34. The number of guanidine groups is 1. The number of hydrogen-bond donors (Lipinski definition) is 2. The van der Waals surface area contributed by atoms with E-state index in [-0.39, 0.29) is 24.0 Å². The van der Waals surface area contributed by atoms with E-state index in [1.165, 1.54) is 0 Å². The summed E-state index contributed by atoms with van der Waals surface area (Å²) in [5, 5.41) is 6.58. The summed E-state index contributed by atoms with van der Waals surface area (Å²) >= 11 is 0. The molecule has 1 aromatic heterocycles. The molecule has 2 N–H and O–H groups in total. The highest BCUT2D eigenvalue weighted by atomic mass is 127. The lowest BCUT2D eigenvalue weighted by atomic mass is 10.1. The Bertz CT molecular complexity index is 742. The normalized spacial score (nSPS) is 10.6. The van der Waals surface area contributed by atoms with Gasteiger partial charge in [-0.2, -0.15) is 0 Å². The molecule has 0 atom stereocenters. The highest BCUT2D eigenvalue weighted by Gasteiger charge is 2.11. The first kappa shape index (κ1) is 23.8. The van der Waals surface area contributed by atoms with Crippen molar-refractivity contribution in [1.29, 1.82) is 0 Å². The molecule has 1 heterocycles. The van der Waals surface area contributed by atoms with Crippen molar-refractivity contribution < 1.29 is 14.2 Å². The van der Waals surface area contributed by atoms with Crippen LogP contribution >= 0.6 is 24.0 Å². The molecular weight excluding hydrogens is 471 g/mol. The lowest BCUT2D eigenvalue weighted by Crippen LogP contribution is -2.38. The topological polar surface area (TPSA) is 77.0 Å². The maximum absolute atomic E-state index is 5.46. The number of benzene rings is 1. The standard InChI is InChI=1S/C20H28N4O3.HI/c1-5-21-20(23-11-9-16-8-6-7-10-22-16)24-14-15-12-18(26-3)19(27-4)13-17(15)25-2;/h6-8,10,12-13H,5,9,11,14H2,1-4H3,(H2,21,23,24);1H. The second-order valence-electron chi connectivity index (χ2n) is 5.71. The number of nitrogens with zero attached hydrogens (tertiary/aromatic N) is 2. The van der Waals surface area contributed by atoms with Crippen LogP contribution in [0.2, 0.25) is 0 Å². The van der Waals surface area contributed by atoms with Gasteiger partial charge in [0.1, 0.15) is 5.75 Å². The third kappa shape index (κ3) is 7.06. The Morgan fingerprint density at radius 2 is 1.71 bits per heavy atom. The van der Waals surface area contributed by atoms with Crippen LogP contribution in [-0.4, -0.2) is 45.4 Å². The first-order valence-electron chi connectivity index (χ1n) is 8.92. The van der Waals surface area contributed by atoms with E-state index in [1.54, 1.807) is 27.5 Å². The van der Waals surface area contributed by atoms with Gasteiger partial charge in [-0.05, 0) is 25.1 Å². The zero-order chi connectivity index (χ0) is 19.5. The van der Waals surface area contributed by atoms with Crippen LogP contribution in [0.1, 0.15) is 18.2 Å². The molecule has 8 heteroatoms. The third-order valence-corrected chi connectivity index (χ3v) is 3.94. The molecule has 0 bridgehead atoms. The maximum atomic E-state index is 5.46. The van der Waals surface area contributed by atoms with Crippen molar-refractivity contribution in [3.05, 3.63) is 47.8 Å². The number of methoxy groups -OCH3 is 3. The summed E-state index contributed by atoms with van der Waals surface area (Å²) in [6, 6.07) is 9.62. The number of aromatic nitrogens is 1. The van der Waals surface area contributed by atoms with E-state index in [0.29, 0.717) is 23.8 Å². The van der Waals surface area contributed by atoms with Gasteiger partial charge in [0, 0.05) is 43.0 Å². The minimum absolute atomic E-state index is 0. The first-order chi connectivity index (χ1) is 13.2. The second kappa shape index (κ2) is 13.0. The number of aliphatic imine (C=N–C) groups is 1. The van der Waals surface area contributed by atoms with Crippen molar-refractivity contribution in [2.75, 3.05) is 34.4 Å². The number of rotatable bonds is 9. The average Bonchev–Trinajstić information content (AvgIpc) is 2.72. The Hall–Kier alpha value is -2.23. The predicted octanol–water partition coefficient (Wildman–Crippen LogP) is 3.02. The summed E-state index contributed by atoms with van der Waals surface area (Å²) in [4.78, 5) is 8.98. The molecular formula is C20H29IN4O3. The van der Waals surface area contributed by atoms with E-state index in [2.05, 4.69) is 20.6 Å². The van der Waals surface area contributed by atoms with Crippen molar-refractivity contribution in [2.45, 2.75) is 19.9 Å². The minimum Gasteiger partial charge on any atom is -0.496 e. The molecule has 0 radical (unpaired) electrons. The molecule has 154 valence electrons. The van der Waals surface area contributed by atoms with E-state index in [4.69, 9.17) is 14.2 Å². The van der Waals surface area contributed by atoms with E-state index in [9.17, 15) is 0 Å². The van der Waals surface area contributed by atoms with Crippen LogP contribution in [0, 0.1) is 0 Å². The molecule has 1 aromatic carbocycles. The summed E-state index contributed by atoms with van der Waals surface area (Å²) in [5.74, 6) is 2.73. The van der Waals surface area contributed by atoms with E-state index < -0.39 is 0 Å². The monoisotopic (exact) mass is 500 g/mol. The molecule has 0 amide bonds. The molecule has 0 spiro atoms. The van der Waals surface area contributed by atoms with Crippen LogP contribution < -0.4 is 24.8 Å². The molecule has 7 nitrogen and oxygen atoms in total. The number of halogens is 1. The fourth-order valence-corrected chi connectivity index (χ4v) is 2.58. The number of ether oxygens (including phenoxy) is 3. The van der Waals surface area contributed by atoms with Gasteiger partial charge in [-0.15, -0.1) is 24.0 Å². The van der Waals surface area contributed by atoms with Crippen LogP contribution in [-0.2, 0) is 13.0 Å². The van der Waals surface area contributed by atoms with Crippen molar-refractivity contribution in [3.63, 3.8) is 0 Å². The summed E-state index contributed by atoms with van der Waals surface area (Å²) in [5.41, 5.74) is 1.96. The van der Waals surface area contributed by atoms with Crippen molar-refractivity contribution in [2.24, 2.45) is 4.99 Å². The van der Waals surface area contributed by atoms with Crippen LogP contribution in [0.15, 0.2) is 41.5 Å². The lowest BCUT2D eigenvalue weighted by Gasteiger charge is -2.14. The van der Waals surface area contributed by atoms with Gasteiger partial charge >= 0.3 is 0 Å². The second-order valence-corrected chi connectivity index (χ2v) is 5.71. The number of hydrogen-bond acceptors (Lipinski definition) is 5. The smallest absolute Gasteiger partial charge is 0.191 e. The van der Waals surface area contributed by atoms with Gasteiger partial charge in [-0.1, -0.05) is 6.07 Å². The fraction of sp³-hybridized carbons (Fsp3) is 0.400. The summed E-state index contributed by atoms with van der Waals surface area (Å²) in [7, 11) is 4.84. The molecule has 0 aliphatic heterocycles. The zero-order valence-electron chi connectivity index (χ0n) is 16.8. The summed E-state index contributed by atoms with van der Waals surface area (Å²) in [6.07, 6.45) is 2.63. The number of nitrogens with one attached hydrogen (secondary N) is 2. The first-order valence-corrected chi connectivity index (χ1v) is 8.92. The van der Waals surface area contributed by atoms with Gasteiger partial charge in [0.15, 0.2) is 17.5 Å². The minimum atomic E-state index is 0. The molecule has 2 aromatic rings. The van der Waals surface area contributed by atoms with Crippen LogP contribution in [0.25, 0.3) is 0 Å². The van der Waals surface area contributed by atoms with E-state index in [0.717, 1.165) is 36.7 Å². The maximum Gasteiger partial charge on any atom is 0.191 e. The quantitative estimate of drug-likeness (QED) is 0.313. The molecule has 0 unspecified atom stereocenters. The summed E-state index contributed by atoms with van der Waals surface area (Å²) in [6.45, 7) is 4.00. The molecule has 0 fully saturated rings. The van der Waals surface area contributed by atoms with Gasteiger partial charge in [0.2, 0.25) is 0 Å². The third-order valence-electron chi connectivity index (χ3n) is 3.94. The van der Waals surface area contributed by atoms with Gasteiger partial charge in [0.05, 0.1) is 27.9 Å². The van der Waals surface area contributed by atoms with Crippen molar-refractivity contribution in [1.82, 2.24) is 15.6 Å². The fourth-order valence-electron chi connectivity index (χ4n) is 2.58. The van der Waals surface area contributed by atoms with Gasteiger partial charge in [-0.3, -0.25) is 4.98 Å². The SMILES string of the molecule is CCNC(=NCc1cc(OC)c(OC)cc1OC)NCCc1ccccn1.I. The lowest BCUT2D eigenvalue weighted by molar-refractivity contribution is 0.347. The van der Waals surface area contributed by atoms with Crippen LogP contribution in [0.5, 0.6) is 17.2 Å². The van der Waals surface area contributed by atoms with Crippen molar-refractivity contribution >= 4 is 29.9 Å².